The molecule has 4 nitrogen and oxygen atoms in total. The molecule has 4 rings (SSSR count). The summed E-state index contributed by atoms with van der Waals surface area (Å²) >= 11 is 0. The Bertz CT molecular complexity index is 505. The summed E-state index contributed by atoms with van der Waals surface area (Å²) in [4.78, 5) is 5.29. The van der Waals surface area contributed by atoms with Gasteiger partial charge in [-0.25, -0.2) is 0 Å². The summed E-state index contributed by atoms with van der Waals surface area (Å²) in [7, 11) is 1.77. The fraction of sp³-hybridized carbons (Fsp3) is 0.684. The number of benzene rings is 1. The molecule has 0 aromatic heterocycles. The number of hydrogen-bond acceptors (Lipinski definition) is 4. The van der Waals surface area contributed by atoms with Crippen LogP contribution in [0.5, 0.6) is 5.75 Å². The Morgan fingerprint density at radius 1 is 1.00 bits per heavy atom. The van der Waals surface area contributed by atoms with E-state index < -0.39 is 0 Å². The first-order valence-electron chi connectivity index (χ1n) is 9.19. The summed E-state index contributed by atoms with van der Waals surface area (Å²) in [6, 6.07) is 9.24. The fourth-order valence-corrected chi connectivity index (χ4v) is 5.02. The van der Waals surface area contributed by atoms with Crippen molar-refractivity contribution in [2.45, 2.75) is 25.3 Å². The molecule has 1 aromatic rings. The molecule has 3 fully saturated rings. The standard InChI is InChI=1S/C19H29N3O/c1-23-18-8-3-2-7-17(18)21-9-11-22(12-10-21)19-15-5-4-6-16(19)14-20-13-15/h2-3,7-8,15-16,19-20H,4-6,9-14H2,1H3. The Balaban J connectivity index is 1.43. The number of anilines is 1. The van der Waals surface area contributed by atoms with Gasteiger partial charge in [-0.05, 0) is 49.9 Å². The van der Waals surface area contributed by atoms with E-state index in [9.17, 15) is 0 Å². The van der Waals surface area contributed by atoms with Gasteiger partial charge in [-0.2, -0.15) is 0 Å². The molecular formula is C19H29N3O. The van der Waals surface area contributed by atoms with Crippen molar-refractivity contribution in [1.82, 2.24) is 10.2 Å². The Kier molecular flexibility index (Phi) is 4.45. The average Bonchev–Trinajstić information content (AvgIpc) is 2.61. The molecule has 1 N–H and O–H groups in total. The van der Waals surface area contributed by atoms with Crippen LogP contribution in [-0.4, -0.2) is 57.3 Å². The van der Waals surface area contributed by atoms with E-state index in [0.717, 1.165) is 36.7 Å². The van der Waals surface area contributed by atoms with Crippen LogP contribution >= 0.6 is 0 Å². The maximum atomic E-state index is 5.54. The second-order valence-electron chi connectivity index (χ2n) is 7.29. The van der Waals surface area contributed by atoms with E-state index in [0.29, 0.717) is 0 Å². The molecule has 2 unspecified atom stereocenters. The van der Waals surface area contributed by atoms with Gasteiger partial charge in [0.25, 0.3) is 0 Å². The first-order chi connectivity index (χ1) is 11.4. The lowest BCUT2D eigenvalue weighted by molar-refractivity contribution is 0.0282. The third kappa shape index (κ3) is 2.94. The first-order valence-corrected chi connectivity index (χ1v) is 9.19. The third-order valence-corrected chi connectivity index (χ3v) is 6.09. The van der Waals surface area contributed by atoms with E-state index in [1.54, 1.807) is 7.11 Å². The molecule has 0 spiro atoms. The zero-order chi connectivity index (χ0) is 15.6. The predicted molar refractivity (Wildman–Crippen MR) is 94.3 cm³/mol. The van der Waals surface area contributed by atoms with Crippen molar-refractivity contribution >= 4 is 5.69 Å². The van der Waals surface area contributed by atoms with Crippen LogP contribution in [0.4, 0.5) is 5.69 Å². The van der Waals surface area contributed by atoms with E-state index in [1.165, 1.54) is 51.1 Å². The van der Waals surface area contributed by atoms with Gasteiger partial charge in [0.2, 0.25) is 0 Å². The van der Waals surface area contributed by atoms with Gasteiger partial charge >= 0.3 is 0 Å². The number of piperazine rings is 1. The van der Waals surface area contributed by atoms with Crippen LogP contribution in [-0.2, 0) is 0 Å². The van der Waals surface area contributed by atoms with Crippen molar-refractivity contribution in [2.75, 3.05) is 51.3 Å². The second kappa shape index (κ2) is 6.70. The van der Waals surface area contributed by atoms with Crippen LogP contribution in [0.1, 0.15) is 19.3 Å². The second-order valence-corrected chi connectivity index (χ2v) is 7.29. The minimum atomic E-state index is 0.824. The molecule has 2 saturated heterocycles. The highest BCUT2D eigenvalue weighted by Crippen LogP contribution is 2.36. The molecule has 0 amide bonds. The lowest BCUT2D eigenvalue weighted by Gasteiger charge is -2.51. The lowest BCUT2D eigenvalue weighted by atomic mass is 9.73. The normalized spacial score (nSPS) is 31.9. The highest BCUT2D eigenvalue weighted by atomic mass is 16.5. The maximum Gasteiger partial charge on any atom is 0.142 e. The maximum absolute atomic E-state index is 5.54. The van der Waals surface area contributed by atoms with Crippen LogP contribution < -0.4 is 15.0 Å². The largest absolute Gasteiger partial charge is 0.495 e. The van der Waals surface area contributed by atoms with Gasteiger partial charge in [-0.3, -0.25) is 4.90 Å². The van der Waals surface area contributed by atoms with Gasteiger partial charge in [-0.15, -0.1) is 0 Å². The average molecular weight is 315 g/mol. The molecule has 0 radical (unpaired) electrons. The summed E-state index contributed by atoms with van der Waals surface area (Å²) in [6.45, 7) is 7.07. The highest BCUT2D eigenvalue weighted by Gasteiger charge is 2.40. The molecule has 2 bridgehead atoms. The van der Waals surface area contributed by atoms with Gasteiger partial charge in [0.15, 0.2) is 0 Å². The summed E-state index contributed by atoms with van der Waals surface area (Å²) in [5, 5.41) is 3.65. The van der Waals surface area contributed by atoms with E-state index >= 15 is 0 Å². The van der Waals surface area contributed by atoms with E-state index in [4.69, 9.17) is 4.74 Å². The van der Waals surface area contributed by atoms with Crippen LogP contribution in [0.15, 0.2) is 24.3 Å². The summed E-state index contributed by atoms with van der Waals surface area (Å²) in [5.41, 5.74) is 1.25. The number of nitrogens with one attached hydrogen (secondary N) is 1. The van der Waals surface area contributed by atoms with Crippen LogP contribution in [0, 0.1) is 11.8 Å². The number of fused-ring (bicyclic) bond motifs is 2. The van der Waals surface area contributed by atoms with Gasteiger partial charge in [-0.1, -0.05) is 18.6 Å². The molecule has 2 aliphatic heterocycles. The molecule has 3 aliphatic rings. The number of ether oxygens (including phenoxy) is 1. The number of nitrogens with zero attached hydrogens (tertiary/aromatic N) is 2. The molecule has 126 valence electrons. The number of hydrogen-bond donors (Lipinski definition) is 1. The Labute approximate surface area is 139 Å². The Morgan fingerprint density at radius 3 is 2.39 bits per heavy atom. The van der Waals surface area contributed by atoms with Crippen molar-refractivity contribution in [3.63, 3.8) is 0 Å². The van der Waals surface area contributed by atoms with Crippen molar-refractivity contribution in [1.29, 1.82) is 0 Å². The van der Waals surface area contributed by atoms with Crippen molar-refractivity contribution in [3.05, 3.63) is 24.3 Å². The molecule has 2 heterocycles. The minimum Gasteiger partial charge on any atom is -0.495 e. The Morgan fingerprint density at radius 2 is 1.70 bits per heavy atom. The van der Waals surface area contributed by atoms with Crippen molar-refractivity contribution in [2.24, 2.45) is 11.8 Å². The van der Waals surface area contributed by atoms with E-state index in [1.807, 2.05) is 0 Å². The van der Waals surface area contributed by atoms with E-state index in [2.05, 4.69) is 39.4 Å². The van der Waals surface area contributed by atoms with Gasteiger partial charge in [0, 0.05) is 32.2 Å². The molecule has 4 heteroatoms. The number of rotatable bonds is 3. The summed E-state index contributed by atoms with van der Waals surface area (Å²) in [6.07, 6.45) is 4.27. The lowest BCUT2D eigenvalue weighted by Crippen LogP contribution is -2.61. The van der Waals surface area contributed by atoms with Gasteiger partial charge in [0.05, 0.1) is 12.8 Å². The van der Waals surface area contributed by atoms with Crippen molar-refractivity contribution in [3.8, 4) is 5.75 Å². The first kappa shape index (κ1) is 15.3. The zero-order valence-corrected chi connectivity index (χ0v) is 14.2. The fourth-order valence-electron chi connectivity index (χ4n) is 5.02. The molecule has 1 aliphatic carbocycles. The predicted octanol–water partition coefficient (Wildman–Crippen LogP) is 2.21. The number of piperidine rings is 1. The number of para-hydroxylation sites is 2. The minimum absolute atomic E-state index is 0.824. The monoisotopic (exact) mass is 315 g/mol. The van der Waals surface area contributed by atoms with Crippen LogP contribution in [0.2, 0.25) is 0 Å². The number of methoxy groups -OCH3 is 1. The summed E-state index contributed by atoms with van der Waals surface area (Å²) in [5.74, 6) is 2.75. The van der Waals surface area contributed by atoms with Gasteiger partial charge < -0.3 is 15.0 Å². The quantitative estimate of drug-likeness (QED) is 0.925. The SMILES string of the molecule is COc1ccccc1N1CCN(C2C3CCCC2CNC3)CC1. The highest BCUT2D eigenvalue weighted by molar-refractivity contribution is 5.58. The molecular weight excluding hydrogens is 286 g/mol. The molecule has 23 heavy (non-hydrogen) atoms. The summed E-state index contributed by atoms with van der Waals surface area (Å²) < 4.78 is 5.54. The van der Waals surface area contributed by atoms with Crippen LogP contribution in [0.3, 0.4) is 0 Å². The topological polar surface area (TPSA) is 27.7 Å². The smallest absolute Gasteiger partial charge is 0.142 e. The molecule has 1 saturated carbocycles. The van der Waals surface area contributed by atoms with E-state index in [-0.39, 0.29) is 0 Å². The van der Waals surface area contributed by atoms with Crippen LogP contribution in [0.25, 0.3) is 0 Å². The molecule has 2 atom stereocenters. The molecule has 1 aromatic carbocycles. The third-order valence-electron chi connectivity index (χ3n) is 6.09. The van der Waals surface area contributed by atoms with Gasteiger partial charge in [0.1, 0.15) is 5.75 Å². The zero-order valence-electron chi connectivity index (χ0n) is 14.2. The van der Waals surface area contributed by atoms with Crippen molar-refractivity contribution < 1.29 is 4.74 Å². The Hall–Kier alpha value is -1.26.